The molecule has 7 nitrogen and oxygen atoms in total. The zero-order valence-corrected chi connectivity index (χ0v) is 15.8. The maximum Gasteiger partial charge on any atom is 0.334 e. The van der Waals surface area contributed by atoms with Gasteiger partial charge in [0, 0.05) is 24.6 Å². The Morgan fingerprint density at radius 1 is 1.08 bits per heavy atom. The summed E-state index contributed by atoms with van der Waals surface area (Å²) in [6, 6.07) is 6.76. The number of hydrogen-bond donors (Lipinski definition) is 0. The minimum absolute atomic E-state index is 0.194. The monoisotopic (exact) mass is 409 g/mol. The molecule has 0 aliphatic carbocycles. The molecule has 5 amide bonds. The van der Waals surface area contributed by atoms with Crippen molar-refractivity contribution in [1.29, 1.82) is 0 Å². The first-order valence-electron chi connectivity index (χ1n) is 8.00. The molecule has 0 radical (unpaired) electrons. The van der Waals surface area contributed by atoms with Crippen molar-refractivity contribution >= 4 is 39.7 Å². The van der Waals surface area contributed by atoms with Gasteiger partial charge in [0.15, 0.2) is 0 Å². The fourth-order valence-corrected chi connectivity index (χ4v) is 2.68. The second kappa shape index (κ2) is 8.24. The summed E-state index contributed by atoms with van der Waals surface area (Å²) in [7, 11) is 1.59. The van der Waals surface area contributed by atoms with E-state index in [0.717, 1.165) is 26.3 Å². The first-order valence-corrected chi connectivity index (χ1v) is 8.80. The zero-order chi connectivity index (χ0) is 18.6. The first kappa shape index (κ1) is 19.1. The van der Waals surface area contributed by atoms with E-state index >= 15 is 0 Å². The van der Waals surface area contributed by atoms with E-state index in [1.807, 2.05) is 31.2 Å². The fraction of sp³-hybridized carbons (Fsp3) is 0.412. The van der Waals surface area contributed by atoms with Crippen LogP contribution in [0.25, 0.3) is 0 Å². The lowest BCUT2D eigenvalue weighted by Crippen LogP contribution is -2.42. The van der Waals surface area contributed by atoms with Gasteiger partial charge in [-0.15, -0.1) is 0 Å². The smallest absolute Gasteiger partial charge is 0.334 e. The number of carbonyl (C=O) groups excluding carboxylic acids is 4. The van der Waals surface area contributed by atoms with Gasteiger partial charge in [-0.05, 0) is 24.1 Å². The van der Waals surface area contributed by atoms with Crippen LogP contribution in [0.15, 0.2) is 28.7 Å². The quantitative estimate of drug-likeness (QED) is 0.509. The molecule has 134 valence electrons. The van der Waals surface area contributed by atoms with Crippen LogP contribution in [0.5, 0.6) is 0 Å². The zero-order valence-electron chi connectivity index (χ0n) is 14.2. The molecule has 8 heteroatoms. The number of amides is 5. The Kier molecular flexibility index (Phi) is 6.30. The summed E-state index contributed by atoms with van der Waals surface area (Å²) in [6.45, 7) is 2.03. The van der Waals surface area contributed by atoms with Crippen molar-refractivity contribution in [3.63, 3.8) is 0 Å². The second-order valence-electron chi connectivity index (χ2n) is 5.86. The van der Waals surface area contributed by atoms with E-state index in [1.54, 1.807) is 7.05 Å². The molecule has 0 unspecified atom stereocenters. The first-order chi connectivity index (χ1) is 11.8. The van der Waals surface area contributed by atoms with Gasteiger partial charge in [0.25, 0.3) is 0 Å². The van der Waals surface area contributed by atoms with Crippen LogP contribution in [0.1, 0.15) is 25.3 Å². The van der Waals surface area contributed by atoms with Crippen LogP contribution >= 0.6 is 15.9 Å². The highest BCUT2D eigenvalue weighted by Gasteiger charge is 2.44. The molecule has 1 fully saturated rings. The van der Waals surface area contributed by atoms with E-state index in [4.69, 9.17) is 0 Å². The summed E-state index contributed by atoms with van der Waals surface area (Å²) in [4.78, 5) is 51.5. The predicted octanol–water partition coefficient (Wildman–Crippen LogP) is 2.00. The standard InChI is InChI=1S/C17H20BrN3O4/c1-3-4-9-20-15(23)16(24)21(17(20)25)11-14(22)19(2)10-12-5-7-13(18)8-6-12/h5-8H,3-4,9-11H2,1-2H3. The van der Waals surface area contributed by atoms with Crippen LogP contribution in [0.3, 0.4) is 0 Å². The number of rotatable bonds is 7. The number of imide groups is 2. The van der Waals surface area contributed by atoms with E-state index in [9.17, 15) is 19.2 Å². The fourth-order valence-electron chi connectivity index (χ4n) is 2.41. The summed E-state index contributed by atoms with van der Waals surface area (Å²) in [6.07, 6.45) is 1.41. The summed E-state index contributed by atoms with van der Waals surface area (Å²) < 4.78 is 0.934. The SMILES string of the molecule is CCCCN1C(=O)C(=O)N(CC(=O)N(C)Cc2ccc(Br)cc2)C1=O. The number of benzene rings is 1. The minimum atomic E-state index is -0.938. The Morgan fingerprint density at radius 2 is 1.68 bits per heavy atom. The third-order valence-corrected chi connectivity index (χ3v) is 4.45. The highest BCUT2D eigenvalue weighted by molar-refractivity contribution is 9.10. The molecule has 0 saturated carbocycles. The molecule has 25 heavy (non-hydrogen) atoms. The summed E-state index contributed by atoms with van der Waals surface area (Å²) in [5.41, 5.74) is 0.916. The van der Waals surface area contributed by atoms with Gasteiger partial charge < -0.3 is 4.90 Å². The van der Waals surface area contributed by atoms with E-state index in [-0.39, 0.29) is 6.54 Å². The average molecular weight is 410 g/mol. The van der Waals surface area contributed by atoms with Crippen LogP contribution in [0, 0.1) is 0 Å². The van der Waals surface area contributed by atoms with Crippen molar-refractivity contribution in [2.45, 2.75) is 26.3 Å². The molecule has 0 bridgehead atoms. The highest BCUT2D eigenvalue weighted by atomic mass is 79.9. The van der Waals surface area contributed by atoms with E-state index in [1.165, 1.54) is 4.90 Å². The van der Waals surface area contributed by atoms with Gasteiger partial charge in [-0.25, -0.2) is 9.69 Å². The van der Waals surface area contributed by atoms with E-state index < -0.39 is 30.3 Å². The number of likely N-dealkylation sites (N-methyl/N-ethyl adjacent to an activating group) is 1. The van der Waals surface area contributed by atoms with E-state index in [2.05, 4.69) is 15.9 Å². The van der Waals surface area contributed by atoms with Crippen LogP contribution in [-0.4, -0.2) is 58.6 Å². The molecule has 0 N–H and O–H groups in total. The van der Waals surface area contributed by atoms with Crippen molar-refractivity contribution in [1.82, 2.24) is 14.7 Å². The van der Waals surface area contributed by atoms with Crippen LogP contribution < -0.4 is 0 Å². The van der Waals surface area contributed by atoms with Gasteiger partial charge in [-0.3, -0.25) is 19.3 Å². The van der Waals surface area contributed by atoms with Crippen molar-refractivity contribution in [3.8, 4) is 0 Å². The predicted molar refractivity (Wildman–Crippen MR) is 94.3 cm³/mol. The second-order valence-corrected chi connectivity index (χ2v) is 6.78. The van der Waals surface area contributed by atoms with Gasteiger partial charge in [-0.1, -0.05) is 41.4 Å². The molecule has 2 rings (SSSR count). The topological polar surface area (TPSA) is 78.0 Å². The van der Waals surface area contributed by atoms with Crippen LogP contribution in [0.4, 0.5) is 4.79 Å². The maximum atomic E-state index is 12.3. The third kappa shape index (κ3) is 4.45. The lowest BCUT2D eigenvalue weighted by molar-refractivity contribution is -0.144. The van der Waals surface area contributed by atoms with Crippen LogP contribution in [-0.2, 0) is 20.9 Å². The van der Waals surface area contributed by atoms with Gasteiger partial charge in [-0.2, -0.15) is 0 Å². The molecule has 1 aromatic rings. The summed E-state index contributed by atoms with van der Waals surface area (Å²) in [5.74, 6) is -2.21. The van der Waals surface area contributed by atoms with Gasteiger partial charge >= 0.3 is 17.8 Å². The Labute approximate surface area is 154 Å². The van der Waals surface area contributed by atoms with Crippen molar-refractivity contribution in [2.75, 3.05) is 20.1 Å². The average Bonchev–Trinajstić information content (AvgIpc) is 2.78. The number of urea groups is 1. The van der Waals surface area contributed by atoms with Crippen LogP contribution in [0.2, 0.25) is 0 Å². The molecular weight excluding hydrogens is 390 g/mol. The third-order valence-electron chi connectivity index (χ3n) is 3.92. The summed E-state index contributed by atoms with van der Waals surface area (Å²) in [5, 5.41) is 0. The molecule has 0 aromatic heterocycles. The van der Waals surface area contributed by atoms with Crippen molar-refractivity contribution < 1.29 is 19.2 Å². The van der Waals surface area contributed by atoms with Gasteiger partial charge in [0.05, 0.1) is 0 Å². The lowest BCUT2D eigenvalue weighted by atomic mass is 10.2. The number of hydrogen-bond acceptors (Lipinski definition) is 4. The lowest BCUT2D eigenvalue weighted by Gasteiger charge is -2.20. The normalized spacial score (nSPS) is 14.4. The van der Waals surface area contributed by atoms with Crippen molar-refractivity contribution in [2.24, 2.45) is 0 Å². The molecule has 1 aliphatic heterocycles. The molecule has 1 aliphatic rings. The number of nitrogens with zero attached hydrogens (tertiary/aromatic N) is 3. The summed E-state index contributed by atoms with van der Waals surface area (Å²) >= 11 is 3.34. The Bertz CT molecular complexity index is 690. The number of halogens is 1. The molecule has 1 heterocycles. The van der Waals surface area contributed by atoms with Gasteiger partial charge in [0.2, 0.25) is 5.91 Å². The van der Waals surface area contributed by atoms with E-state index in [0.29, 0.717) is 13.0 Å². The molecule has 0 atom stereocenters. The highest BCUT2D eigenvalue weighted by Crippen LogP contribution is 2.15. The molecular formula is C17H20BrN3O4. The number of carbonyl (C=O) groups is 4. The Morgan fingerprint density at radius 3 is 2.28 bits per heavy atom. The largest absolute Gasteiger partial charge is 0.340 e. The molecule has 1 aromatic carbocycles. The molecule has 1 saturated heterocycles. The Balaban J connectivity index is 1.99. The molecule has 0 spiro atoms. The maximum absolute atomic E-state index is 12.3. The minimum Gasteiger partial charge on any atom is -0.340 e. The van der Waals surface area contributed by atoms with Crippen molar-refractivity contribution in [3.05, 3.63) is 34.3 Å². The number of unbranched alkanes of at least 4 members (excludes halogenated alkanes) is 1. The Hall–Kier alpha value is -2.22. The van der Waals surface area contributed by atoms with Gasteiger partial charge in [0.1, 0.15) is 6.54 Å².